The lowest BCUT2D eigenvalue weighted by atomic mass is 10.1. The van der Waals surface area contributed by atoms with Crippen molar-refractivity contribution in [1.29, 1.82) is 0 Å². The van der Waals surface area contributed by atoms with Gasteiger partial charge in [0.2, 0.25) is 0 Å². The van der Waals surface area contributed by atoms with E-state index in [0.717, 1.165) is 11.1 Å². The number of rotatable bonds is 3. The number of nitrogens with one attached hydrogen (secondary N) is 2. The number of H-pyrrole nitrogens is 1. The molecule has 4 rings (SSSR count). The molecule has 3 aromatic rings. The standard InChI is InChI=1S/C19H16FN3O2/c20-13-7-5-11(6-8-13)15-10-16(23-22-15)19(25)21-18-14-4-2-1-3-12(14)9-17(18)24/h1-8,10,17-18,24H,9H2,(H,21,25)(H,22,23)/t17-,18+/m1/s1. The fourth-order valence-electron chi connectivity index (χ4n) is 3.17. The van der Waals surface area contributed by atoms with E-state index < -0.39 is 12.1 Å². The van der Waals surface area contributed by atoms with E-state index >= 15 is 0 Å². The predicted molar refractivity (Wildman–Crippen MR) is 90.3 cm³/mol. The van der Waals surface area contributed by atoms with Crippen LogP contribution in [0.2, 0.25) is 0 Å². The van der Waals surface area contributed by atoms with Crippen molar-refractivity contribution >= 4 is 5.91 Å². The van der Waals surface area contributed by atoms with Gasteiger partial charge < -0.3 is 10.4 Å². The van der Waals surface area contributed by atoms with Crippen LogP contribution in [0.25, 0.3) is 11.3 Å². The van der Waals surface area contributed by atoms with Crippen molar-refractivity contribution in [2.45, 2.75) is 18.6 Å². The molecule has 0 unspecified atom stereocenters. The Balaban J connectivity index is 1.53. The lowest BCUT2D eigenvalue weighted by Crippen LogP contribution is -2.34. The molecule has 1 aliphatic rings. The first-order valence-electron chi connectivity index (χ1n) is 8.00. The van der Waals surface area contributed by atoms with Gasteiger partial charge >= 0.3 is 0 Å². The van der Waals surface area contributed by atoms with Gasteiger partial charge in [0, 0.05) is 12.0 Å². The SMILES string of the molecule is O=C(N[C@H]1c2ccccc2C[C@H]1O)c1cc(-c2ccc(F)cc2)n[nH]1. The van der Waals surface area contributed by atoms with E-state index in [2.05, 4.69) is 15.5 Å². The second-order valence-corrected chi connectivity index (χ2v) is 6.10. The summed E-state index contributed by atoms with van der Waals surface area (Å²) in [7, 11) is 0. The second kappa shape index (κ2) is 6.14. The quantitative estimate of drug-likeness (QED) is 0.687. The molecule has 0 saturated heterocycles. The van der Waals surface area contributed by atoms with E-state index in [0.29, 0.717) is 17.7 Å². The summed E-state index contributed by atoms with van der Waals surface area (Å²) in [6, 6.07) is 14.7. The molecule has 0 aliphatic heterocycles. The third-order valence-corrected chi connectivity index (χ3v) is 4.45. The van der Waals surface area contributed by atoms with Gasteiger partial charge in [0.15, 0.2) is 0 Å². The normalized spacial score (nSPS) is 18.8. The topological polar surface area (TPSA) is 78.0 Å². The van der Waals surface area contributed by atoms with Crippen molar-refractivity contribution in [2.24, 2.45) is 0 Å². The van der Waals surface area contributed by atoms with Crippen LogP contribution < -0.4 is 5.32 Å². The van der Waals surface area contributed by atoms with E-state index in [-0.39, 0.29) is 17.4 Å². The van der Waals surface area contributed by atoms with Crippen molar-refractivity contribution in [1.82, 2.24) is 15.5 Å². The number of halogens is 1. The molecule has 0 radical (unpaired) electrons. The fraction of sp³-hybridized carbons (Fsp3) is 0.158. The molecule has 1 aromatic heterocycles. The number of aromatic amines is 1. The number of benzene rings is 2. The molecule has 2 atom stereocenters. The summed E-state index contributed by atoms with van der Waals surface area (Å²) < 4.78 is 13.0. The summed E-state index contributed by atoms with van der Waals surface area (Å²) in [6.07, 6.45) is -0.133. The summed E-state index contributed by atoms with van der Waals surface area (Å²) in [4.78, 5) is 12.5. The number of hydrogen-bond acceptors (Lipinski definition) is 3. The Morgan fingerprint density at radius 1 is 1.20 bits per heavy atom. The van der Waals surface area contributed by atoms with Crippen LogP contribution in [0.1, 0.15) is 27.7 Å². The Labute approximate surface area is 143 Å². The first-order chi connectivity index (χ1) is 12.1. The van der Waals surface area contributed by atoms with E-state index in [4.69, 9.17) is 0 Å². The Morgan fingerprint density at radius 2 is 1.96 bits per heavy atom. The highest BCUT2D eigenvalue weighted by molar-refractivity contribution is 5.93. The van der Waals surface area contributed by atoms with Crippen LogP contribution in [0.15, 0.2) is 54.6 Å². The zero-order valence-electron chi connectivity index (χ0n) is 13.2. The molecule has 6 heteroatoms. The molecule has 1 aliphatic carbocycles. The van der Waals surface area contributed by atoms with Gasteiger partial charge in [-0.05, 0) is 41.5 Å². The molecular formula is C19H16FN3O2. The van der Waals surface area contributed by atoms with E-state index in [9.17, 15) is 14.3 Å². The van der Waals surface area contributed by atoms with Crippen LogP contribution in [-0.4, -0.2) is 27.3 Å². The summed E-state index contributed by atoms with van der Waals surface area (Å²) in [5, 5.41) is 19.9. The van der Waals surface area contributed by atoms with Gasteiger partial charge in [-0.25, -0.2) is 4.39 Å². The second-order valence-electron chi connectivity index (χ2n) is 6.10. The predicted octanol–water partition coefficient (Wildman–Crippen LogP) is 2.60. The van der Waals surface area contributed by atoms with Crippen LogP contribution in [0, 0.1) is 5.82 Å². The molecule has 3 N–H and O–H groups in total. The van der Waals surface area contributed by atoms with Gasteiger partial charge in [-0.2, -0.15) is 5.10 Å². The zero-order chi connectivity index (χ0) is 17.4. The largest absolute Gasteiger partial charge is 0.390 e. The van der Waals surface area contributed by atoms with Crippen LogP contribution in [0.5, 0.6) is 0 Å². The molecule has 1 heterocycles. The lowest BCUT2D eigenvalue weighted by molar-refractivity contribution is 0.0853. The molecule has 25 heavy (non-hydrogen) atoms. The van der Waals surface area contributed by atoms with E-state index in [1.807, 2.05) is 24.3 Å². The minimum Gasteiger partial charge on any atom is -0.390 e. The van der Waals surface area contributed by atoms with E-state index in [1.165, 1.54) is 12.1 Å². The van der Waals surface area contributed by atoms with E-state index in [1.54, 1.807) is 18.2 Å². The fourth-order valence-corrected chi connectivity index (χ4v) is 3.17. The number of aromatic nitrogens is 2. The molecule has 0 fully saturated rings. The number of nitrogens with zero attached hydrogens (tertiary/aromatic N) is 1. The van der Waals surface area contributed by atoms with Gasteiger partial charge in [-0.3, -0.25) is 9.89 Å². The maximum atomic E-state index is 13.0. The number of aliphatic hydroxyl groups is 1. The highest BCUT2D eigenvalue weighted by Crippen LogP contribution is 2.31. The zero-order valence-corrected chi connectivity index (χ0v) is 13.2. The first-order valence-corrected chi connectivity index (χ1v) is 8.00. The molecule has 2 aromatic carbocycles. The minimum atomic E-state index is -0.652. The van der Waals surface area contributed by atoms with Crippen molar-refractivity contribution in [2.75, 3.05) is 0 Å². The number of amides is 1. The molecular weight excluding hydrogens is 321 g/mol. The molecule has 0 spiro atoms. The van der Waals surface area contributed by atoms with Gasteiger partial charge in [-0.1, -0.05) is 24.3 Å². The number of carbonyl (C=O) groups excluding carboxylic acids is 1. The van der Waals surface area contributed by atoms with Crippen LogP contribution in [0.4, 0.5) is 4.39 Å². The summed E-state index contributed by atoms with van der Waals surface area (Å²) in [5.74, 6) is -0.673. The average Bonchev–Trinajstić information content (AvgIpc) is 3.21. The number of hydrogen-bond donors (Lipinski definition) is 3. The number of fused-ring (bicyclic) bond motifs is 1. The van der Waals surface area contributed by atoms with Crippen molar-refractivity contribution in [3.8, 4) is 11.3 Å². The van der Waals surface area contributed by atoms with Gasteiger partial charge in [-0.15, -0.1) is 0 Å². The highest BCUT2D eigenvalue weighted by Gasteiger charge is 2.32. The van der Waals surface area contributed by atoms with Crippen LogP contribution in [-0.2, 0) is 6.42 Å². The Bertz CT molecular complexity index is 920. The lowest BCUT2D eigenvalue weighted by Gasteiger charge is -2.17. The molecule has 5 nitrogen and oxygen atoms in total. The molecule has 0 bridgehead atoms. The Kier molecular flexibility index (Phi) is 3.82. The number of carbonyl (C=O) groups is 1. The Hall–Kier alpha value is -2.99. The number of aliphatic hydroxyl groups excluding tert-OH is 1. The average molecular weight is 337 g/mol. The summed E-state index contributed by atoms with van der Waals surface area (Å²) in [5.41, 5.74) is 3.52. The highest BCUT2D eigenvalue weighted by atomic mass is 19.1. The van der Waals surface area contributed by atoms with Gasteiger partial charge in [0.1, 0.15) is 11.5 Å². The maximum absolute atomic E-state index is 13.0. The van der Waals surface area contributed by atoms with Gasteiger partial charge in [0.25, 0.3) is 5.91 Å². The minimum absolute atomic E-state index is 0.288. The third kappa shape index (κ3) is 2.92. The molecule has 126 valence electrons. The molecule has 1 amide bonds. The van der Waals surface area contributed by atoms with Crippen LogP contribution >= 0.6 is 0 Å². The van der Waals surface area contributed by atoms with Crippen LogP contribution in [0.3, 0.4) is 0 Å². The maximum Gasteiger partial charge on any atom is 0.269 e. The first kappa shape index (κ1) is 15.5. The van der Waals surface area contributed by atoms with Crippen molar-refractivity contribution < 1.29 is 14.3 Å². The monoisotopic (exact) mass is 337 g/mol. The Morgan fingerprint density at radius 3 is 2.76 bits per heavy atom. The van der Waals surface area contributed by atoms with Gasteiger partial charge in [0.05, 0.1) is 17.8 Å². The summed E-state index contributed by atoms with van der Waals surface area (Å²) in [6.45, 7) is 0. The third-order valence-electron chi connectivity index (χ3n) is 4.45. The van der Waals surface area contributed by atoms with Crippen molar-refractivity contribution in [3.05, 3.63) is 77.2 Å². The smallest absolute Gasteiger partial charge is 0.269 e. The summed E-state index contributed by atoms with van der Waals surface area (Å²) >= 11 is 0. The molecule has 0 saturated carbocycles. The van der Waals surface area contributed by atoms with Crippen molar-refractivity contribution in [3.63, 3.8) is 0 Å².